The van der Waals surface area contributed by atoms with Crippen molar-refractivity contribution in [3.63, 3.8) is 0 Å². The van der Waals surface area contributed by atoms with E-state index in [1.807, 2.05) is 49.4 Å². The first kappa shape index (κ1) is 17.9. The van der Waals surface area contributed by atoms with Gasteiger partial charge in [-0.2, -0.15) is 5.10 Å². The molecule has 0 fully saturated rings. The lowest BCUT2D eigenvalue weighted by Gasteiger charge is -2.07. The molecule has 5 heteroatoms. The average Bonchev–Trinajstić information content (AvgIpc) is 3.05. The van der Waals surface area contributed by atoms with Crippen LogP contribution in [-0.4, -0.2) is 27.2 Å². The number of pyridine rings is 1. The molecule has 140 valence electrons. The normalized spacial score (nSPS) is 10.9. The van der Waals surface area contributed by atoms with Gasteiger partial charge >= 0.3 is 0 Å². The van der Waals surface area contributed by atoms with E-state index in [-0.39, 0.29) is 12.5 Å². The minimum Gasteiger partial charge on any atom is -0.354 e. The maximum absolute atomic E-state index is 12.4. The third-order valence-electron chi connectivity index (χ3n) is 4.76. The average molecular weight is 370 g/mol. The summed E-state index contributed by atoms with van der Waals surface area (Å²) in [6.07, 6.45) is 2.58. The van der Waals surface area contributed by atoms with Crippen molar-refractivity contribution >= 4 is 16.9 Å². The zero-order valence-corrected chi connectivity index (χ0v) is 15.8. The Hall–Kier alpha value is -3.47. The van der Waals surface area contributed by atoms with E-state index < -0.39 is 0 Å². The summed E-state index contributed by atoms with van der Waals surface area (Å²) >= 11 is 0. The lowest BCUT2D eigenvalue weighted by atomic mass is 10.0. The Kier molecular flexibility index (Phi) is 5.15. The Morgan fingerprint density at radius 1 is 1.00 bits per heavy atom. The number of carbonyl (C=O) groups excluding carboxylic acids is 1. The highest BCUT2D eigenvalue weighted by Crippen LogP contribution is 2.29. The number of nitrogens with one attached hydrogen (secondary N) is 1. The second-order valence-electron chi connectivity index (χ2n) is 6.75. The van der Waals surface area contributed by atoms with E-state index in [1.165, 1.54) is 5.56 Å². The van der Waals surface area contributed by atoms with Gasteiger partial charge < -0.3 is 5.32 Å². The first-order chi connectivity index (χ1) is 13.7. The third-order valence-corrected chi connectivity index (χ3v) is 4.76. The second-order valence-corrected chi connectivity index (χ2v) is 6.75. The van der Waals surface area contributed by atoms with Crippen molar-refractivity contribution in [2.24, 2.45) is 0 Å². The van der Waals surface area contributed by atoms with Crippen LogP contribution in [0, 0.1) is 6.92 Å². The number of nitrogens with zero attached hydrogens (tertiary/aromatic N) is 3. The molecular formula is C23H22N4O. The fourth-order valence-corrected chi connectivity index (χ4v) is 3.43. The monoisotopic (exact) mass is 370 g/mol. The summed E-state index contributed by atoms with van der Waals surface area (Å²) in [7, 11) is 0. The predicted octanol–water partition coefficient (Wildman–Crippen LogP) is 3.77. The van der Waals surface area contributed by atoms with Crippen LogP contribution in [0.2, 0.25) is 0 Å². The van der Waals surface area contributed by atoms with Gasteiger partial charge in [-0.25, -0.2) is 9.67 Å². The van der Waals surface area contributed by atoms with E-state index in [2.05, 4.69) is 39.7 Å². The van der Waals surface area contributed by atoms with Gasteiger partial charge in [0.15, 0.2) is 5.65 Å². The van der Waals surface area contributed by atoms with Crippen LogP contribution in [0.1, 0.15) is 11.3 Å². The fourth-order valence-electron chi connectivity index (χ4n) is 3.43. The third kappa shape index (κ3) is 3.78. The molecule has 4 aromatic rings. The van der Waals surface area contributed by atoms with Crippen molar-refractivity contribution in [1.29, 1.82) is 0 Å². The molecule has 0 bridgehead atoms. The lowest BCUT2D eigenvalue weighted by Crippen LogP contribution is -2.29. The molecule has 0 radical (unpaired) electrons. The van der Waals surface area contributed by atoms with Gasteiger partial charge in [0.25, 0.3) is 0 Å². The number of aromatic nitrogens is 3. The van der Waals surface area contributed by atoms with Crippen LogP contribution >= 0.6 is 0 Å². The maximum atomic E-state index is 12.4. The van der Waals surface area contributed by atoms with Gasteiger partial charge in [0.2, 0.25) is 5.91 Å². The molecule has 0 aliphatic rings. The van der Waals surface area contributed by atoms with Crippen molar-refractivity contribution in [2.45, 2.75) is 19.9 Å². The Morgan fingerprint density at radius 2 is 1.71 bits per heavy atom. The summed E-state index contributed by atoms with van der Waals surface area (Å²) in [4.78, 5) is 16.9. The molecule has 2 heterocycles. The molecule has 0 aliphatic carbocycles. The smallest absolute Gasteiger partial charge is 0.241 e. The van der Waals surface area contributed by atoms with Gasteiger partial charge in [0.05, 0.1) is 5.69 Å². The Labute approximate surface area is 164 Å². The molecule has 1 N–H and O–H groups in total. The van der Waals surface area contributed by atoms with E-state index in [9.17, 15) is 4.79 Å². The molecule has 5 nitrogen and oxygen atoms in total. The van der Waals surface area contributed by atoms with E-state index in [4.69, 9.17) is 0 Å². The number of fused-ring (bicyclic) bond motifs is 1. The maximum Gasteiger partial charge on any atom is 0.241 e. The van der Waals surface area contributed by atoms with Crippen LogP contribution in [0.4, 0.5) is 0 Å². The van der Waals surface area contributed by atoms with Crippen molar-refractivity contribution in [1.82, 2.24) is 20.1 Å². The SMILES string of the molecule is Cc1nn(CC(=O)NCCc2ccccc2)c2nccc(-c3ccccc3)c12. The highest BCUT2D eigenvalue weighted by molar-refractivity contribution is 5.95. The standard InChI is InChI=1S/C23H22N4O/c1-17-22-20(19-10-6-3-7-11-19)13-15-25-23(22)27(26-17)16-21(28)24-14-12-18-8-4-2-5-9-18/h2-11,13,15H,12,14,16H2,1H3,(H,24,28). The molecule has 4 rings (SSSR count). The first-order valence-corrected chi connectivity index (χ1v) is 9.40. The van der Waals surface area contributed by atoms with Crippen molar-refractivity contribution in [2.75, 3.05) is 6.54 Å². The molecule has 0 atom stereocenters. The molecule has 2 aromatic carbocycles. The summed E-state index contributed by atoms with van der Waals surface area (Å²) in [5.74, 6) is -0.0627. The molecule has 28 heavy (non-hydrogen) atoms. The highest BCUT2D eigenvalue weighted by atomic mass is 16.2. The van der Waals surface area contributed by atoms with Gasteiger partial charge in [0, 0.05) is 18.1 Å². The number of hydrogen-bond acceptors (Lipinski definition) is 3. The number of benzene rings is 2. The second kappa shape index (κ2) is 8.05. The largest absolute Gasteiger partial charge is 0.354 e. The fraction of sp³-hybridized carbons (Fsp3) is 0.174. The molecule has 0 saturated heterocycles. The van der Waals surface area contributed by atoms with E-state index in [1.54, 1.807) is 10.9 Å². The topological polar surface area (TPSA) is 59.8 Å². The Morgan fingerprint density at radius 3 is 2.46 bits per heavy atom. The molecule has 0 saturated carbocycles. The molecule has 0 unspecified atom stereocenters. The van der Waals surface area contributed by atoms with Gasteiger partial charge in [0.1, 0.15) is 6.54 Å². The number of hydrogen-bond donors (Lipinski definition) is 1. The Balaban J connectivity index is 1.51. The molecule has 2 aromatic heterocycles. The van der Waals surface area contributed by atoms with Crippen molar-refractivity contribution in [3.8, 4) is 11.1 Å². The molecule has 1 amide bonds. The first-order valence-electron chi connectivity index (χ1n) is 9.40. The van der Waals surface area contributed by atoms with Crippen LogP contribution in [0.25, 0.3) is 22.2 Å². The quantitative estimate of drug-likeness (QED) is 0.562. The summed E-state index contributed by atoms with van der Waals surface area (Å²) in [6.45, 7) is 2.72. The summed E-state index contributed by atoms with van der Waals surface area (Å²) < 4.78 is 1.69. The lowest BCUT2D eigenvalue weighted by molar-refractivity contribution is -0.121. The zero-order chi connectivity index (χ0) is 19.3. The zero-order valence-electron chi connectivity index (χ0n) is 15.8. The minimum absolute atomic E-state index is 0.0627. The highest BCUT2D eigenvalue weighted by Gasteiger charge is 2.15. The summed E-state index contributed by atoms with van der Waals surface area (Å²) in [5.41, 5.74) is 5.01. The Bertz CT molecular complexity index is 1090. The summed E-state index contributed by atoms with van der Waals surface area (Å²) in [5, 5.41) is 8.54. The molecule has 0 aliphatic heterocycles. The van der Waals surface area contributed by atoms with Gasteiger partial charge in [-0.05, 0) is 36.1 Å². The van der Waals surface area contributed by atoms with Crippen LogP contribution in [0.15, 0.2) is 72.9 Å². The van der Waals surface area contributed by atoms with Crippen LogP contribution in [-0.2, 0) is 17.8 Å². The molecular weight excluding hydrogens is 348 g/mol. The van der Waals surface area contributed by atoms with Crippen molar-refractivity contribution in [3.05, 3.63) is 84.2 Å². The van der Waals surface area contributed by atoms with Gasteiger partial charge in [-0.3, -0.25) is 4.79 Å². The number of aryl methyl sites for hydroxylation is 1. The van der Waals surface area contributed by atoms with Crippen LogP contribution in [0.3, 0.4) is 0 Å². The van der Waals surface area contributed by atoms with E-state index in [0.29, 0.717) is 6.54 Å². The molecule has 0 spiro atoms. The van der Waals surface area contributed by atoms with E-state index in [0.717, 1.165) is 34.3 Å². The number of amides is 1. The van der Waals surface area contributed by atoms with Crippen molar-refractivity contribution < 1.29 is 4.79 Å². The van der Waals surface area contributed by atoms with E-state index >= 15 is 0 Å². The number of carbonyl (C=O) groups is 1. The van der Waals surface area contributed by atoms with Crippen LogP contribution in [0.5, 0.6) is 0 Å². The number of rotatable bonds is 6. The summed E-state index contributed by atoms with van der Waals surface area (Å²) in [6, 6.07) is 22.3. The predicted molar refractivity (Wildman–Crippen MR) is 111 cm³/mol. The minimum atomic E-state index is -0.0627. The van der Waals surface area contributed by atoms with Gasteiger partial charge in [-0.15, -0.1) is 0 Å². The van der Waals surface area contributed by atoms with Gasteiger partial charge in [-0.1, -0.05) is 60.7 Å². The van der Waals surface area contributed by atoms with Crippen LogP contribution < -0.4 is 5.32 Å².